The molecule has 0 aliphatic rings. The summed E-state index contributed by atoms with van der Waals surface area (Å²) in [6, 6.07) is 32.9. The largest absolute Gasteiger partial charge is 1.00 e. The Balaban J connectivity index is 0.00000161. The molecule has 0 spiro atoms. The van der Waals surface area contributed by atoms with Gasteiger partial charge in [-0.25, -0.2) is 0 Å². The predicted molar refractivity (Wildman–Crippen MR) is 89.8 cm³/mol. The Morgan fingerprint density at radius 3 is 0.952 bits per heavy atom. The molecule has 0 atom stereocenters. The van der Waals surface area contributed by atoms with Crippen molar-refractivity contribution in [1.82, 2.24) is 0 Å². The molecule has 0 fully saturated rings. The van der Waals surface area contributed by atoms with Crippen LogP contribution in [0.15, 0.2) is 91.0 Å². The first-order chi connectivity index (χ1) is 9.82. The normalized spacial score (nSPS) is 10.7. The standard InChI is InChI=1S/C19H18As.FH/c1-20(17-11-5-2-6-12-17,18-13-7-3-8-14-18)19-15-9-4-10-16-19;/h2-16H,1H3;1H/q+1;/p-1. The van der Waals surface area contributed by atoms with E-state index in [4.69, 9.17) is 0 Å². The number of benzene rings is 3. The Bertz CT molecular complexity index is 569. The van der Waals surface area contributed by atoms with Crippen molar-refractivity contribution in [3.05, 3.63) is 91.0 Å². The predicted octanol–water partition coefficient (Wildman–Crippen LogP) is -0.209. The summed E-state index contributed by atoms with van der Waals surface area (Å²) >= 11 is -2.29. The van der Waals surface area contributed by atoms with Crippen molar-refractivity contribution in [2.45, 2.75) is 5.71 Å². The van der Waals surface area contributed by atoms with Crippen molar-refractivity contribution < 1.29 is 4.70 Å². The minimum Gasteiger partial charge on any atom is -1.00 e. The van der Waals surface area contributed by atoms with Gasteiger partial charge in [-0.05, 0) is 0 Å². The molecule has 21 heavy (non-hydrogen) atoms. The van der Waals surface area contributed by atoms with Crippen molar-refractivity contribution in [1.29, 1.82) is 0 Å². The number of halogens is 1. The van der Waals surface area contributed by atoms with Gasteiger partial charge in [0, 0.05) is 0 Å². The topological polar surface area (TPSA) is 0 Å². The average Bonchev–Trinajstić information content (AvgIpc) is 2.56. The van der Waals surface area contributed by atoms with Crippen molar-refractivity contribution in [3.63, 3.8) is 0 Å². The summed E-state index contributed by atoms with van der Waals surface area (Å²) in [6.07, 6.45) is 0. The van der Waals surface area contributed by atoms with Crippen LogP contribution in [-0.2, 0) is 0 Å². The first-order valence-electron chi connectivity index (χ1n) is 6.85. The Labute approximate surface area is 128 Å². The van der Waals surface area contributed by atoms with E-state index in [0.29, 0.717) is 0 Å². The van der Waals surface area contributed by atoms with Crippen LogP contribution in [0.25, 0.3) is 0 Å². The van der Waals surface area contributed by atoms with Gasteiger partial charge >= 0.3 is 123 Å². The number of hydrogen-bond donors (Lipinski definition) is 0. The molecule has 0 saturated heterocycles. The van der Waals surface area contributed by atoms with Crippen LogP contribution >= 0.6 is 0 Å². The van der Waals surface area contributed by atoms with E-state index in [0.717, 1.165) is 0 Å². The van der Waals surface area contributed by atoms with Crippen LogP contribution in [0.3, 0.4) is 0 Å². The fraction of sp³-hybridized carbons (Fsp3) is 0.0526. The third kappa shape index (κ3) is 2.94. The van der Waals surface area contributed by atoms with Crippen LogP contribution in [0.5, 0.6) is 0 Å². The SMILES string of the molecule is C[As+](c1ccccc1)(c1ccccc1)c1ccccc1.[F-]. The van der Waals surface area contributed by atoms with Gasteiger partial charge in [-0.3, -0.25) is 0 Å². The average molecular weight is 340 g/mol. The summed E-state index contributed by atoms with van der Waals surface area (Å²) in [4.78, 5) is 0. The second-order valence-corrected chi connectivity index (χ2v) is 12.5. The minimum absolute atomic E-state index is 0. The summed E-state index contributed by atoms with van der Waals surface area (Å²) in [7, 11) is 0. The van der Waals surface area contributed by atoms with Crippen LogP contribution in [0.2, 0.25) is 5.71 Å². The van der Waals surface area contributed by atoms with E-state index in [9.17, 15) is 0 Å². The zero-order valence-electron chi connectivity index (χ0n) is 12.0. The summed E-state index contributed by atoms with van der Waals surface area (Å²) in [5.41, 5.74) is 2.47. The van der Waals surface area contributed by atoms with E-state index in [1.54, 1.807) is 0 Å². The molecule has 2 heteroatoms. The van der Waals surface area contributed by atoms with E-state index in [2.05, 4.69) is 96.7 Å². The van der Waals surface area contributed by atoms with Crippen molar-refractivity contribution in [2.75, 3.05) is 0 Å². The smallest absolute Gasteiger partial charge is 1.00 e. The second kappa shape index (κ2) is 6.74. The molecule has 0 aliphatic carbocycles. The van der Waals surface area contributed by atoms with Crippen LogP contribution in [-0.4, -0.2) is 13.6 Å². The maximum atomic E-state index is 2.47. The number of hydrogen-bond acceptors (Lipinski definition) is 0. The van der Waals surface area contributed by atoms with Crippen molar-refractivity contribution >= 4 is 26.6 Å². The van der Waals surface area contributed by atoms with Crippen molar-refractivity contribution in [3.8, 4) is 0 Å². The molecule has 106 valence electrons. The van der Waals surface area contributed by atoms with E-state index in [-0.39, 0.29) is 4.70 Å². The van der Waals surface area contributed by atoms with Gasteiger partial charge in [0.1, 0.15) is 0 Å². The zero-order chi connectivity index (χ0) is 13.8. The van der Waals surface area contributed by atoms with E-state index in [1.807, 2.05) is 0 Å². The molecule has 0 amide bonds. The number of rotatable bonds is 3. The van der Waals surface area contributed by atoms with Gasteiger partial charge in [0.05, 0.1) is 0 Å². The first kappa shape index (κ1) is 15.5. The molecule has 0 nitrogen and oxygen atoms in total. The summed E-state index contributed by atoms with van der Waals surface area (Å²) in [6.45, 7) is 0. The van der Waals surface area contributed by atoms with Crippen LogP contribution < -0.4 is 17.8 Å². The minimum atomic E-state index is -2.29. The van der Waals surface area contributed by atoms with Crippen LogP contribution in [0.4, 0.5) is 0 Å². The fourth-order valence-corrected chi connectivity index (χ4v) is 9.34. The molecule has 0 bridgehead atoms. The van der Waals surface area contributed by atoms with Gasteiger partial charge in [-0.15, -0.1) is 0 Å². The molecule has 0 unspecified atom stereocenters. The third-order valence-corrected chi connectivity index (χ3v) is 12.2. The maximum Gasteiger partial charge on any atom is -1.00 e. The summed E-state index contributed by atoms with van der Waals surface area (Å²) in [5.74, 6) is 0. The van der Waals surface area contributed by atoms with Gasteiger partial charge < -0.3 is 4.70 Å². The quantitative estimate of drug-likeness (QED) is 0.579. The van der Waals surface area contributed by atoms with Crippen molar-refractivity contribution in [2.24, 2.45) is 0 Å². The van der Waals surface area contributed by atoms with E-state index in [1.165, 1.54) is 13.1 Å². The Morgan fingerprint density at radius 2 is 0.714 bits per heavy atom. The maximum absolute atomic E-state index is 2.47. The monoisotopic (exact) mass is 340 g/mol. The first-order valence-corrected chi connectivity index (χ1v) is 11.5. The van der Waals surface area contributed by atoms with Crippen LogP contribution in [0, 0.1) is 0 Å². The molecule has 0 saturated carbocycles. The third-order valence-electron chi connectivity index (χ3n) is 3.82. The van der Waals surface area contributed by atoms with E-state index >= 15 is 0 Å². The molecule has 3 aromatic rings. The van der Waals surface area contributed by atoms with E-state index < -0.39 is 13.6 Å². The Hall–Kier alpha value is -1.85. The van der Waals surface area contributed by atoms with Gasteiger partial charge in [-0.2, -0.15) is 0 Å². The molecule has 0 heterocycles. The van der Waals surface area contributed by atoms with Gasteiger partial charge in [0.25, 0.3) is 0 Å². The molecule has 0 radical (unpaired) electrons. The second-order valence-electron chi connectivity index (χ2n) is 5.01. The molecular formula is C19H18AsF. The summed E-state index contributed by atoms with van der Waals surface area (Å²) in [5, 5.41) is 0. The molecule has 0 aliphatic heterocycles. The summed E-state index contributed by atoms with van der Waals surface area (Å²) < 4.78 is 4.47. The fourth-order valence-electron chi connectivity index (χ4n) is 2.63. The Kier molecular flexibility index (Phi) is 4.98. The molecule has 0 N–H and O–H groups in total. The van der Waals surface area contributed by atoms with Crippen LogP contribution in [0.1, 0.15) is 0 Å². The molecular weight excluding hydrogens is 322 g/mol. The van der Waals surface area contributed by atoms with Gasteiger partial charge in [0.15, 0.2) is 0 Å². The molecule has 3 aromatic carbocycles. The van der Waals surface area contributed by atoms with Gasteiger partial charge in [0.2, 0.25) is 0 Å². The molecule has 3 rings (SSSR count). The van der Waals surface area contributed by atoms with Gasteiger partial charge in [-0.1, -0.05) is 0 Å². The molecule has 0 aromatic heterocycles. The Morgan fingerprint density at radius 1 is 0.476 bits per heavy atom. The zero-order valence-corrected chi connectivity index (χ0v) is 13.9.